The van der Waals surface area contributed by atoms with Crippen molar-refractivity contribution in [3.05, 3.63) is 101 Å². The van der Waals surface area contributed by atoms with E-state index in [2.05, 4.69) is 10.6 Å². The Morgan fingerprint density at radius 2 is 1.53 bits per heavy atom. The predicted octanol–water partition coefficient (Wildman–Crippen LogP) is 5.78. The highest BCUT2D eigenvalue weighted by Crippen LogP contribution is 2.29. The van der Waals surface area contributed by atoms with Gasteiger partial charge in [0.05, 0.1) is 12.0 Å². The summed E-state index contributed by atoms with van der Waals surface area (Å²) in [5.41, 5.74) is 2.58. The van der Waals surface area contributed by atoms with Gasteiger partial charge in [0.25, 0.3) is 0 Å². The van der Waals surface area contributed by atoms with Gasteiger partial charge in [-0.25, -0.2) is 4.79 Å². The Morgan fingerprint density at radius 3 is 2.21 bits per heavy atom. The van der Waals surface area contributed by atoms with Crippen molar-refractivity contribution in [1.29, 1.82) is 0 Å². The van der Waals surface area contributed by atoms with Crippen LogP contribution in [0.15, 0.2) is 78.9 Å². The number of benzene rings is 3. The zero-order valence-corrected chi connectivity index (χ0v) is 20.8. The molecule has 3 aromatic rings. The molecule has 0 bridgehead atoms. The molecule has 0 aliphatic carbocycles. The van der Waals surface area contributed by atoms with Crippen LogP contribution in [0.4, 0.5) is 23.7 Å². The van der Waals surface area contributed by atoms with Gasteiger partial charge in [-0.15, -0.1) is 0 Å². The maximum Gasteiger partial charge on any atom is 0.416 e. The van der Waals surface area contributed by atoms with Gasteiger partial charge in [0.2, 0.25) is 5.91 Å². The first-order valence-electron chi connectivity index (χ1n) is 12.5. The molecule has 2 N–H and O–H groups in total. The van der Waals surface area contributed by atoms with Crippen LogP contribution in [0.1, 0.15) is 35.1 Å². The van der Waals surface area contributed by atoms with Crippen LogP contribution >= 0.6 is 0 Å². The summed E-state index contributed by atoms with van der Waals surface area (Å²) >= 11 is 0. The van der Waals surface area contributed by atoms with Gasteiger partial charge in [0, 0.05) is 31.4 Å². The Morgan fingerprint density at radius 1 is 0.868 bits per heavy atom. The van der Waals surface area contributed by atoms with Crippen molar-refractivity contribution in [2.24, 2.45) is 0 Å². The molecule has 0 spiro atoms. The molecule has 2 amide bonds. The maximum atomic E-state index is 12.8. The number of piperidine rings is 1. The number of likely N-dealkylation sites (tertiary alicyclic amines) is 1. The molecule has 6 nitrogen and oxygen atoms in total. The van der Waals surface area contributed by atoms with Crippen molar-refractivity contribution in [2.75, 3.05) is 18.4 Å². The summed E-state index contributed by atoms with van der Waals surface area (Å²) in [7, 11) is 0. The number of hydrogen-bond donors (Lipinski definition) is 2. The Labute approximate surface area is 219 Å². The Bertz CT molecular complexity index is 1210. The zero-order chi connectivity index (χ0) is 27.0. The number of halogens is 3. The molecule has 3 aromatic carbocycles. The van der Waals surface area contributed by atoms with E-state index in [-0.39, 0.29) is 25.0 Å². The summed E-state index contributed by atoms with van der Waals surface area (Å²) in [6.07, 6.45) is -3.34. The third kappa shape index (κ3) is 7.74. The number of ether oxygens (including phenoxy) is 1. The van der Waals surface area contributed by atoms with Gasteiger partial charge in [-0.05, 0) is 47.7 Å². The minimum atomic E-state index is -4.39. The van der Waals surface area contributed by atoms with Crippen molar-refractivity contribution in [1.82, 2.24) is 10.2 Å². The number of hydrogen-bond acceptors (Lipinski definition) is 4. The molecule has 1 fully saturated rings. The molecule has 9 heteroatoms. The number of nitrogens with one attached hydrogen (secondary N) is 2. The number of rotatable bonds is 8. The maximum absolute atomic E-state index is 12.8. The number of amides is 2. The average Bonchev–Trinajstić information content (AvgIpc) is 2.92. The van der Waals surface area contributed by atoms with Gasteiger partial charge in [0.15, 0.2) is 0 Å². The van der Waals surface area contributed by atoms with Gasteiger partial charge in [-0.2, -0.15) is 13.2 Å². The van der Waals surface area contributed by atoms with Crippen LogP contribution in [0.2, 0.25) is 0 Å². The fourth-order valence-corrected chi connectivity index (χ4v) is 4.35. The van der Waals surface area contributed by atoms with Crippen LogP contribution in [0, 0.1) is 0 Å². The number of nitrogens with zero attached hydrogens (tertiary/aromatic N) is 1. The molecular formula is C29H30F3N3O3. The van der Waals surface area contributed by atoms with Gasteiger partial charge < -0.3 is 20.3 Å². The number of para-hydroxylation sites is 1. The molecule has 0 unspecified atom stereocenters. The minimum absolute atomic E-state index is 0.0745. The molecule has 0 atom stereocenters. The second kappa shape index (κ2) is 12.5. The van der Waals surface area contributed by atoms with Crippen LogP contribution < -0.4 is 10.6 Å². The summed E-state index contributed by atoms with van der Waals surface area (Å²) in [6.45, 7) is 1.62. The minimum Gasteiger partial charge on any atom is -0.445 e. The highest BCUT2D eigenvalue weighted by Gasteiger charge is 2.30. The van der Waals surface area contributed by atoms with E-state index in [4.69, 9.17) is 4.74 Å². The summed E-state index contributed by atoms with van der Waals surface area (Å²) in [5, 5.41) is 6.31. The first kappa shape index (κ1) is 27.0. The first-order chi connectivity index (χ1) is 18.3. The van der Waals surface area contributed by atoms with E-state index < -0.39 is 17.8 Å². The molecular weight excluding hydrogens is 495 g/mol. The van der Waals surface area contributed by atoms with E-state index in [1.165, 1.54) is 12.1 Å². The lowest BCUT2D eigenvalue weighted by Gasteiger charge is -2.33. The lowest BCUT2D eigenvalue weighted by Crippen LogP contribution is -2.43. The van der Waals surface area contributed by atoms with Gasteiger partial charge in [-0.3, -0.25) is 4.79 Å². The molecule has 1 aliphatic rings. The van der Waals surface area contributed by atoms with Crippen LogP contribution in [-0.4, -0.2) is 36.0 Å². The second-order valence-electron chi connectivity index (χ2n) is 9.24. The molecule has 1 aliphatic heterocycles. The van der Waals surface area contributed by atoms with E-state index >= 15 is 0 Å². The molecule has 0 radical (unpaired) electrons. The van der Waals surface area contributed by atoms with Gasteiger partial charge in [-0.1, -0.05) is 60.7 Å². The monoisotopic (exact) mass is 525 g/mol. The van der Waals surface area contributed by atoms with Crippen LogP contribution in [-0.2, 0) is 35.3 Å². The lowest BCUT2D eigenvalue weighted by atomic mass is 10.0. The van der Waals surface area contributed by atoms with E-state index in [9.17, 15) is 22.8 Å². The Balaban J connectivity index is 1.23. The van der Waals surface area contributed by atoms with E-state index in [1.807, 2.05) is 54.6 Å². The van der Waals surface area contributed by atoms with Crippen molar-refractivity contribution in [3.63, 3.8) is 0 Å². The Kier molecular flexibility index (Phi) is 8.89. The summed E-state index contributed by atoms with van der Waals surface area (Å²) in [4.78, 5) is 26.6. The molecule has 4 rings (SSSR count). The van der Waals surface area contributed by atoms with Crippen molar-refractivity contribution < 1.29 is 27.5 Å². The van der Waals surface area contributed by atoms with E-state index in [0.717, 1.165) is 41.8 Å². The third-order valence-corrected chi connectivity index (χ3v) is 6.50. The number of alkyl halides is 3. The summed E-state index contributed by atoms with van der Waals surface area (Å²) < 4.78 is 43.5. The highest BCUT2D eigenvalue weighted by atomic mass is 19.4. The number of carbonyl (C=O) groups excluding carboxylic acids is 2. The second-order valence-corrected chi connectivity index (χ2v) is 9.24. The smallest absolute Gasteiger partial charge is 0.416 e. The summed E-state index contributed by atoms with van der Waals surface area (Å²) in [5.74, 6) is -0.0955. The van der Waals surface area contributed by atoms with Crippen molar-refractivity contribution >= 4 is 17.7 Å². The predicted molar refractivity (Wildman–Crippen MR) is 138 cm³/mol. The summed E-state index contributed by atoms with van der Waals surface area (Å²) in [6, 6.07) is 22.0. The average molecular weight is 526 g/mol. The van der Waals surface area contributed by atoms with Crippen LogP contribution in [0.5, 0.6) is 0 Å². The first-order valence-corrected chi connectivity index (χ1v) is 12.5. The lowest BCUT2D eigenvalue weighted by molar-refractivity contribution is -0.137. The van der Waals surface area contributed by atoms with E-state index in [1.54, 1.807) is 4.90 Å². The molecule has 0 aromatic heterocycles. The number of alkyl carbamates (subject to hydrolysis) is 1. The quantitative estimate of drug-likeness (QED) is 0.391. The number of carbonyl (C=O) groups is 2. The van der Waals surface area contributed by atoms with Gasteiger partial charge in [0.1, 0.15) is 6.61 Å². The molecule has 1 saturated heterocycles. The topological polar surface area (TPSA) is 70.7 Å². The fraction of sp³-hybridized carbons (Fsp3) is 0.310. The van der Waals surface area contributed by atoms with Crippen molar-refractivity contribution in [3.8, 4) is 0 Å². The Hall–Kier alpha value is -4.01. The zero-order valence-electron chi connectivity index (χ0n) is 20.8. The largest absolute Gasteiger partial charge is 0.445 e. The molecule has 0 saturated carbocycles. The van der Waals surface area contributed by atoms with Crippen molar-refractivity contribution in [2.45, 2.75) is 44.6 Å². The SMILES string of the molecule is O=C(NCc1ccccc1NC1CCN(C(=O)Cc2ccc(C(F)(F)F)cc2)CC1)OCc1ccccc1. The standard InChI is InChI=1S/C29H30F3N3O3/c30-29(31,32)24-12-10-21(11-13-24)18-27(36)35-16-14-25(15-17-35)34-26-9-5-4-8-23(26)19-33-28(37)38-20-22-6-2-1-3-7-22/h1-13,25,34H,14-20H2,(H,33,37). The van der Waals surface area contributed by atoms with E-state index in [0.29, 0.717) is 25.2 Å². The molecule has 200 valence electrons. The van der Waals surface area contributed by atoms with Crippen LogP contribution in [0.25, 0.3) is 0 Å². The molecule has 1 heterocycles. The molecule has 38 heavy (non-hydrogen) atoms. The normalized spacial score (nSPS) is 14.1. The highest BCUT2D eigenvalue weighted by molar-refractivity contribution is 5.79. The van der Waals surface area contributed by atoms with Gasteiger partial charge >= 0.3 is 12.3 Å². The third-order valence-electron chi connectivity index (χ3n) is 6.50. The fourth-order valence-electron chi connectivity index (χ4n) is 4.35. The number of anilines is 1. The van der Waals surface area contributed by atoms with Crippen LogP contribution in [0.3, 0.4) is 0 Å².